The number of anilines is 1. The predicted molar refractivity (Wildman–Crippen MR) is 62.8 cm³/mol. The third kappa shape index (κ3) is 2.26. The standard InChI is InChI=1S/C11H11F2N3S/c1-6-5-9(16(2)15-6)17-11-8(14)4-3-7(12)10(11)13/h3-5H,14H2,1-2H3. The highest BCUT2D eigenvalue weighted by Gasteiger charge is 2.15. The summed E-state index contributed by atoms with van der Waals surface area (Å²) >= 11 is 1.06. The Morgan fingerprint density at radius 3 is 2.65 bits per heavy atom. The summed E-state index contributed by atoms with van der Waals surface area (Å²) in [7, 11) is 1.74. The number of benzene rings is 1. The Morgan fingerprint density at radius 1 is 1.35 bits per heavy atom. The van der Waals surface area contributed by atoms with Crippen LogP contribution in [0, 0.1) is 18.6 Å². The van der Waals surface area contributed by atoms with E-state index in [-0.39, 0.29) is 10.6 Å². The Kier molecular flexibility index (Phi) is 3.06. The third-order valence-corrected chi connectivity index (χ3v) is 3.46. The van der Waals surface area contributed by atoms with Gasteiger partial charge in [0.25, 0.3) is 0 Å². The summed E-state index contributed by atoms with van der Waals surface area (Å²) in [5.41, 5.74) is 6.66. The molecule has 0 saturated heterocycles. The van der Waals surface area contributed by atoms with Gasteiger partial charge in [-0.2, -0.15) is 5.10 Å². The van der Waals surface area contributed by atoms with E-state index in [4.69, 9.17) is 5.73 Å². The molecule has 1 aromatic carbocycles. The molecular weight excluding hydrogens is 244 g/mol. The SMILES string of the molecule is Cc1cc(Sc2c(N)ccc(F)c2F)n(C)n1. The van der Waals surface area contributed by atoms with Crippen molar-refractivity contribution in [1.29, 1.82) is 0 Å². The van der Waals surface area contributed by atoms with Crippen molar-refractivity contribution in [3.63, 3.8) is 0 Å². The zero-order valence-corrected chi connectivity index (χ0v) is 10.2. The zero-order valence-electron chi connectivity index (χ0n) is 9.37. The van der Waals surface area contributed by atoms with E-state index >= 15 is 0 Å². The number of hydrogen-bond donors (Lipinski definition) is 1. The Labute approximate surface area is 102 Å². The fourth-order valence-corrected chi connectivity index (χ4v) is 2.42. The van der Waals surface area contributed by atoms with E-state index < -0.39 is 11.6 Å². The molecule has 0 radical (unpaired) electrons. The van der Waals surface area contributed by atoms with Crippen LogP contribution in [0.25, 0.3) is 0 Å². The van der Waals surface area contributed by atoms with Gasteiger partial charge in [-0.15, -0.1) is 0 Å². The molecule has 0 fully saturated rings. The van der Waals surface area contributed by atoms with Gasteiger partial charge in [0, 0.05) is 12.7 Å². The maximum absolute atomic E-state index is 13.6. The van der Waals surface area contributed by atoms with E-state index in [1.54, 1.807) is 17.8 Å². The molecule has 90 valence electrons. The second-order valence-corrected chi connectivity index (χ2v) is 4.66. The van der Waals surface area contributed by atoms with E-state index in [1.165, 1.54) is 6.07 Å². The van der Waals surface area contributed by atoms with Crippen LogP contribution in [-0.2, 0) is 7.05 Å². The number of hydrogen-bond acceptors (Lipinski definition) is 3. The van der Waals surface area contributed by atoms with E-state index in [1.807, 2.05) is 6.92 Å². The first-order chi connectivity index (χ1) is 7.99. The molecule has 3 nitrogen and oxygen atoms in total. The molecule has 0 aliphatic rings. The molecule has 2 rings (SSSR count). The van der Waals surface area contributed by atoms with Crippen molar-refractivity contribution < 1.29 is 8.78 Å². The van der Waals surface area contributed by atoms with Gasteiger partial charge in [-0.25, -0.2) is 8.78 Å². The number of aryl methyl sites for hydroxylation is 2. The fraction of sp³-hybridized carbons (Fsp3) is 0.182. The van der Waals surface area contributed by atoms with Crippen LogP contribution in [0.15, 0.2) is 28.1 Å². The molecule has 1 heterocycles. The first kappa shape index (κ1) is 11.9. The van der Waals surface area contributed by atoms with Gasteiger partial charge in [-0.05, 0) is 25.1 Å². The molecule has 0 atom stereocenters. The highest BCUT2D eigenvalue weighted by Crippen LogP contribution is 2.35. The van der Waals surface area contributed by atoms with Crippen molar-refractivity contribution in [2.45, 2.75) is 16.8 Å². The Hall–Kier alpha value is -1.56. The van der Waals surface area contributed by atoms with Gasteiger partial charge in [0.1, 0.15) is 0 Å². The van der Waals surface area contributed by atoms with Gasteiger partial charge in [0.05, 0.1) is 15.6 Å². The van der Waals surface area contributed by atoms with Gasteiger partial charge in [-0.1, -0.05) is 11.8 Å². The molecule has 0 spiro atoms. The highest BCUT2D eigenvalue weighted by atomic mass is 32.2. The summed E-state index contributed by atoms with van der Waals surface area (Å²) in [5.74, 6) is -1.82. The van der Waals surface area contributed by atoms with E-state index in [0.717, 1.165) is 23.5 Å². The minimum absolute atomic E-state index is 0.0907. The predicted octanol–water partition coefficient (Wildman–Crippen LogP) is 2.74. The number of nitrogens with zero attached hydrogens (tertiary/aromatic N) is 2. The molecule has 17 heavy (non-hydrogen) atoms. The lowest BCUT2D eigenvalue weighted by molar-refractivity contribution is 0.492. The molecule has 1 aromatic heterocycles. The van der Waals surface area contributed by atoms with Crippen LogP contribution in [0.3, 0.4) is 0 Å². The van der Waals surface area contributed by atoms with Crippen molar-refractivity contribution in [3.05, 3.63) is 35.5 Å². The summed E-state index contributed by atoms with van der Waals surface area (Å²) in [6, 6.07) is 4.15. The van der Waals surface area contributed by atoms with Crippen molar-refractivity contribution in [2.75, 3.05) is 5.73 Å². The smallest absolute Gasteiger partial charge is 0.174 e. The summed E-state index contributed by atoms with van der Waals surface area (Å²) in [6.45, 7) is 1.83. The Bertz CT molecular complexity index is 566. The average Bonchev–Trinajstić information content (AvgIpc) is 2.58. The number of rotatable bonds is 2. The third-order valence-electron chi connectivity index (χ3n) is 2.25. The maximum Gasteiger partial charge on any atom is 0.174 e. The van der Waals surface area contributed by atoms with Crippen molar-refractivity contribution in [3.8, 4) is 0 Å². The lowest BCUT2D eigenvalue weighted by Crippen LogP contribution is -1.97. The molecule has 0 unspecified atom stereocenters. The van der Waals surface area contributed by atoms with Crippen LogP contribution in [0.2, 0.25) is 0 Å². The minimum atomic E-state index is -0.922. The Balaban J connectivity index is 2.43. The van der Waals surface area contributed by atoms with Crippen LogP contribution in [0.4, 0.5) is 14.5 Å². The summed E-state index contributed by atoms with van der Waals surface area (Å²) < 4.78 is 28.3. The van der Waals surface area contributed by atoms with Gasteiger partial charge in [0.15, 0.2) is 11.6 Å². The first-order valence-corrected chi connectivity index (χ1v) is 5.72. The van der Waals surface area contributed by atoms with Crippen LogP contribution >= 0.6 is 11.8 Å². The molecule has 2 aromatic rings. The molecule has 0 amide bonds. The van der Waals surface area contributed by atoms with Crippen LogP contribution in [0.5, 0.6) is 0 Å². The van der Waals surface area contributed by atoms with Crippen LogP contribution in [0.1, 0.15) is 5.69 Å². The molecule has 0 bridgehead atoms. The average molecular weight is 255 g/mol. The Morgan fingerprint density at radius 2 is 2.06 bits per heavy atom. The lowest BCUT2D eigenvalue weighted by atomic mass is 10.3. The van der Waals surface area contributed by atoms with Crippen molar-refractivity contribution in [1.82, 2.24) is 9.78 Å². The van der Waals surface area contributed by atoms with Gasteiger partial charge in [0.2, 0.25) is 0 Å². The highest BCUT2D eigenvalue weighted by molar-refractivity contribution is 7.99. The van der Waals surface area contributed by atoms with Gasteiger partial charge >= 0.3 is 0 Å². The minimum Gasteiger partial charge on any atom is -0.398 e. The summed E-state index contributed by atoms with van der Waals surface area (Å²) in [5, 5.41) is 4.83. The monoisotopic (exact) mass is 255 g/mol. The zero-order chi connectivity index (χ0) is 12.6. The second kappa shape index (κ2) is 4.37. The topological polar surface area (TPSA) is 43.8 Å². The van der Waals surface area contributed by atoms with Crippen molar-refractivity contribution in [2.24, 2.45) is 7.05 Å². The molecule has 2 N–H and O–H groups in total. The lowest BCUT2D eigenvalue weighted by Gasteiger charge is -2.07. The number of aromatic nitrogens is 2. The van der Waals surface area contributed by atoms with Gasteiger partial charge < -0.3 is 5.73 Å². The van der Waals surface area contributed by atoms with Gasteiger partial charge in [-0.3, -0.25) is 4.68 Å². The largest absolute Gasteiger partial charge is 0.398 e. The summed E-state index contributed by atoms with van der Waals surface area (Å²) in [6.07, 6.45) is 0. The normalized spacial score (nSPS) is 10.8. The molecule has 0 aliphatic carbocycles. The second-order valence-electron chi connectivity index (χ2n) is 3.63. The first-order valence-electron chi connectivity index (χ1n) is 4.91. The maximum atomic E-state index is 13.6. The summed E-state index contributed by atoms with van der Waals surface area (Å²) in [4.78, 5) is 0.0907. The number of nitrogen functional groups attached to an aromatic ring is 1. The van der Waals surface area contributed by atoms with Crippen molar-refractivity contribution >= 4 is 17.4 Å². The van der Waals surface area contributed by atoms with E-state index in [2.05, 4.69) is 5.10 Å². The van der Waals surface area contributed by atoms with E-state index in [9.17, 15) is 8.78 Å². The molecule has 0 aliphatic heterocycles. The quantitative estimate of drug-likeness (QED) is 0.839. The van der Waals surface area contributed by atoms with Crippen LogP contribution in [-0.4, -0.2) is 9.78 Å². The molecule has 0 saturated carbocycles. The van der Waals surface area contributed by atoms with E-state index in [0.29, 0.717) is 5.03 Å². The number of nitrogens with two attached hydrogens (primary N) is 1. The number of halogens is 2. The molecule has 6 heteroatoms. The fourth-order valence-electron chi connectivity index (χ4n) is 1.44. The molecular formula is C11H11F2N3S. The van der Waals surface area contributed by atoms with Crippen LogP contribution < -0.4 is 5.73 Å².